The molecule has 1 saturated heterocycles. The molecule has 2 heterocycles. The fourth-order valence-electron chi connectivity index (χ4n) is 3.85. The van der Waals surface area contributed by atoms with Crippen LogP contribution in [-0.2, 0) is 16.0 Å². The van der Waals surface area contributed by atoms with Crippen LogP contribution in [0.3, 0.4) is 0 Å². The first-order chi connectivity index (χ1) is 12.2. The number of para-hydroxylation sites is 1. The predicted molar refractivity (Wildman–Crippen MR) is 98.5 cm³/mol. The third-order valence-corrected chi connectivity index (χ3v) is 5.67. The number of nitrogens with zero attached hydrogens (tertiary/aromatic N) is 1. The predicted octanol–water partition coefficient (Wildman–Crippen LogP) is 2.87. The molecular weight excluding hydrogens is 312 g/mol. The molecule has 4 nitrogen and oxygen atoms in total. The van der Waals surface area contributed by atoms with Crippen molar-refractivity contribution in [2.75, 3.05) is 18.0 Å². The van der Waals surface area contributed by atoms with E-state index in [0.717, 1.165) is 44.0 Å². The number of fused-ring (bicyclic) bond motifs is 1. The van der Waals surface area contributed by atoms with Gasteiger partial charge in [0.2, 0.25) is 0 Å². The van der Waals surface area contributed by atoms with E-state index in [4.69, 9.17) is 0 Å². The normalized spacial score (nSPS) is 23.4. The van der Waals surface area contributed by atoms with Crippen molar-refractivity contribution in [1.29, 1.82) is 0 Å². The van der Waals surface area contributed by atoms with Gasteiger partial charge in [-0.25, -0.2) is 0 Å². The first-order valence-electron chi connectivity index (χ1n) is 9.54. The van der Waals surface area contributed by atoms with Gasteiger partial charge in [0.25, 0.3) is 5.91 Å². The maximum absolute atomic E-state index is 12.6. The second-order valence-electron chi connectivity index (χ2n) is 7.63. The van der Waals surface area contributed by atoms with Crippen molar-refractivity contribution in [3.63, 3.8) is 0 Å². The van der Waals surface area contributed by atoms with Gasteiger partial charge in [0.1, 0.15) is 5.78 Å². The van der Waals surface area contributed by atoms with Crippen molar-refractivity contribution < 1.29 is 9.59 Å². The number of rotatable bonds is 7. The third kappa shape index (κ3) is 3.84. The Bertz CT molecular complexity index is 689. The first-order valence-corrected chi connectivity index (χ1v) is 9.54. The Kier molecular flexibility index (Phi) is 4.71. The summed E-state index contributed by atoms with van der Waals surface area (Å²) in [6.07, 6.45) is 9.73. The smallest absolute Gasteiger partial charge is 0.250 e. The van der Waals surface area contributed by atoms with Gasteiger partial charge in [-0.15, -0.1) is 0 Å². The van der Waals surface area contributed by atoms with E-state index < -0.39 is 0 Å². The number of Topliss-reactive ketones (excluding diaryl/α,β-unsaturated/α-hetero) is 1. The molecule has 0 bridgehead atoms. The van der Waals surface area contributed by atoms with Crippen LogP contribution in [0.4, 0.5) is 5.69 Å². The monoisotopic (exact) mass is 338 g/mol. The Balaban J connectivity index is 1.40. The topological polar surface area (TPSA) is 49.4 Å². The van der Waals surface area contributed by atoms with Crippen molar-refractivity contribution in [3.8, 4) is 0 Å². The summed E-state index contributed by atoms with van der Waals surface area (Å²) >= 11 is 0. The van der Waals surface area contributed by atoms with Gasteiger partial charge in [0.05, 0.1) is 6.04 Å². The molecule has 1 amide bonds. The number of hydrogen-bond acceptors (Lipinski definition) is 3. The van der Waals surface area contributed by atoms with Crippen LogP contribution in [-0.4, -0.2) is 30.8 Å². The zero-order chi connectivity index (χ0) is 17.2. The van der Waals surface area contributed by atoms with Crippen molar-refractivity contribution in [2.45, 2.75) is 44.6 Å². The number of anilines is 1. The Morgan fingerprint density at radius 2 is 2.04 bits per heavy atom. The Hall–Kier alpha value is -1.94. The van der Waals surface area contributed by atoms with E-state index in [1.54, 1.807) is 6.08 Å². The lowest BCUT2D eigenvalue weighted by Crippen LogP contribution is -2.48. The van der Waals surface area contributed by atoms with Crippen LogP contribution in [0.15, 0.2) is 36.4 Å². The maximum Gasteiger partial charge on any atom is 0.250 e. The standard InChI is InChI=1S/C21H26N2O2/c24-20(18-9-11-22-18)14-16(13-15-5-6-15)7-8-21(25)23-12-10-17-3-1-2-4-19(17)23/h1-4,7-8,15-16,18,22H,5-6,9-14H2/b8-7+/t16-,18+/m1/s1. The van der Waals surface area contributed by atoms with Gasteiger partial charge in [0, 0.05) is 18.7 Å². The van der Waals surface area contributed by atoms with E-state index in [1.165, 1.54) is 18.4 Å². The van der Waals surface area contributed by atoms with E-state index in [9.17, 15) is 9.59 Å². The zero-order valence-electron chi connectivity index (χ0n) is 14.6. The Labute approximate surface area is 149 Å². The van der Waals surface area contributed by atoms with Gasteiger partial charge >= 0.3 is 0 Å². The first kappa shape index (κ1) is 16.5. The molecular formula is C21H26N2O2. The van der Waals surface area contributed by atoms with Crippen LogP contribution in [0.1, 0.15) is 37.7 Å². The quantitative estimate of drug-likeness (QED) is 0.778. The number of carbonyl (C=O) groups excluding carboxylic acids is 2. The van der Waals surface area contributed by atoms with Gasteiger partial charge in [-0.05, 0) is 55.3 Å². The van der Waals surface area contributed by atoms with E-state index in [1.807, 2.05) is 29.2 Å². The van der Waals surface area contributed by atoms with Gasteiger partial charge in [-0.2, -0.15) is 0 Å². The second kappa shape index (κ2) is 7.12. The lowest BCUT2D eigenvalue weighted by atomic mass is 9.90. The molecule has 132 valence electrons. The van der Waals surface area contributed by atoms with Crippen molar-refractivity contribution in [2.24, 2.45) is 11.8 Å². The average molecular weight is 338 g/mol. The molecule has 0 radical (unpaired) electrons. The summed E-state index contributed by atoms with van der Waals surface area (Å²) in [4.78, 5) is 26.8. The molecule has 4 rings (SSSR count). The molecule has 1 aromatic rings. The molecule has 1 aromatic carbocycles. The summed E-state index contributed by atoms with van der Waals surface area (Å²) in [7, 11) is 0. The SMILES string of the molecule is O=C(C[C@H](/C=C/C(=O)N1CCc2ccccc21)CC1CC1)[C@@H]1CCN1. The van der Waals surface area contributed by atoms with Crippen molar-refractivity contribution in [1.82, 2.24) is 5.32 Å². The lowest BCUT2D eigenvalue weighted by molar-refractivity contribution is -0.123. The van der Waals surface area contributed by atoms with E-state index in [2.05, 4.69) is 11.4 Å². The third-order valence-electron chi connectivity index (χ3n) is 5.67. The summed E-state index contributed by atoms with van der Waals surface area (Å²) in [6, 6.07) is 8.16. The highest BCUT2D eigenvalue weighted by Crippen LogP contribution is 2.37. The lowest BCUT2D eigenvalue weighted by Gasteiger charge is -2.27. The fraction of sp³-hybridized carbons (Fsp3) is 0.524. The van der Waals surface area contributed by atoms with E-state index in [0.29, 0.717) is 12.2 Å². The van der Waals surface area contributed by atoms with E-state index in [-0.39, 0.29) is 17.9 Å². The Morgan fingerprint density at radius 3 is 2.76 bits per heavy atom. The summed E-state index contributed by atoms with van der Waals surface area (Å²) in [5.74, 6) is 1.30. The number of ketones is 1. The van der Waals surface area contributed by atoms with Gasteiger partial charge in [-0.3, -0.25) is 9.59 Å². The molecule has 25 heavy (non-hydrogen) atoms. The van der Waals surface area contributed by atoms with Crippen molar-refractivity contribution >= 4 is 17.4 Å². The van der Waals surface area contributed by atoms with Crippen LogP contribution in [0.25, 0.3) is 0 Å². The maximum atomic E-state index is 12.6. The second-order valence-corrected chi connectivity index (χ2v) is 7.63. The minimum absolute atomic E-state index is 0.0416. The van der Waals surface area contributed by atoms with Gasteiger partial charge < -0.3 is 10.2 Å². The van der Waals surface area contributed by atoms with Crippen molar-refractivity contribution in [3.05, 3.63) is 42.0 Å². The van der Waals surface area contributed by atoms with Gasteiger partial charge in [0.15, 0.2) is 0 Å². The van der Waals surface area contributed by atoms with Crippen LogP contribution in [0.5, 0.6) is 0 Å². The molecule has 2 fully saturated rings. The summed E-state index contributed by atoms with van der Waals surface area (Å²) < 4.78 is 0. The number of hydrogen-bond donors (Lipinski definition) is 1. The highest BCUT2D eigenvalue weighted by molar-refractivity contribution is 6.02. The Morgan fingerprint density at radius 1 is 1.24 bits per heavy atom. The molecule has 2 aliphatic heterocycles. The average Bonchev–Trinajstić information content (AvgIpc) is 3.26. The minimum Gasteiger partial charge on any atom is -0.308 e. The number of benzene rings is 1. The van der Waals surface area contributed by atoms with Crippen LogP contribution in [0.2, 0.25) is 0 Å². The fourth-order valence-corrected chi connectivity index (χ4v) is 3.85. The van der Waals surface area contributed by atoms with Crippen LogP contribution in [0, 0.1) is 11.8 Å². The molecule has 4 heteroatoms. The number of allylic oxidation sites excluding steroid dienone is 1. The molecule has 1 saturated carbocycles. The number of amides is 1. The highest BCUT2D eigenvalue weighted by atomic mass is 16.2. The van der Waals surface area contributed by atoms with E-state index >= 15 is 0 Å². The zero-order valence-corrected chi connectivity index (χ0v) is 14.6. The molecule has 1 N–H and O–H groups in total. The number of carbonyl (C=O) groups is 2. The summed E-state index contributed by atoms with van der Waals surface area (Å²) in [6.45, 7) is 1.70. The molecule has 0 unspecified atom stereocenters. The highest BCUT2D eigenvalue weighted by Gasteiger charge is 2.30. The summed E-state index contributed by atoms with van der Waals surface area (Å²) in [5, 5.41) is 3.19. The number of nitrogens with one attached hydrogen (secondary N) is 1. The molecule has 3 aliphatic rings. The molecule has 2 atom stereocenters. The van der Waals surface area contributed by atoms with Gasteiger partial charge in [-0.1, -0.05) is 37.1 Å². The molecule has 1 aliphatic carbocycles. The summed E-state index contributed by atoms with van der Waals surface area (Å²) in [5.41, 5.74) is 2.27. The minimum atomic E-state index is 0.0416. The molecule has 0 spiro atoms. The molecule has 0 aromatic heterocycles. The van der Waals surface area contributed by atoms with Crippen LogP contribution >= 0.6 is 0 Å². The van der Waals surface area contributed by atoms with Crippen LogP contribution < -0.4 is 10.2 Å². The largest absolute Gasteiger partial charge is 0.308 e.